The van der Waals surface area contributed by atoms with E-state index in [1.807, 2.05) is 0 Å². The van der Waals surface area contributed by atoms with Crippen LogP contribution in [-0.2, 0) is 12.8 Å². The number of benzene rings is 4. The van der Waals surface area contributed by atoms with Gasteiger partial charge in [-0.3, -0.25) is 0 Å². The van der Waals surface area contributed by atoms with Crippen LogP contribution in [0, 0.1) is 0 Å². The zero-order chi connectivity index (χ0) is 40.2. The Morgan fingerprint density at radius 3 is 0.807 bits per heavy atom. The molecule has 0 heterocycles. The van der Waals surface area contributed by atoms with Gasteiger partial charge in [-0.2, -0.15) is 0 Å². The third-order valence-corrected chi connectivity index (χ3v) is 12.6. The zero-order valence-corrected chi connectivity index (χ0v) is 36.6. The summed E-state index contributed by atoms with van der Waals surface area (Å²) in [4.78, 5) is 0. The molecule has 4 rings (SSSR count). The predicted molar refractivity (Wildman–Crippen MR) is 252 cm³/mol. The Morgan fingerprint density at radius 1 is 0.298 bits per heavy atom. The number of anilines is 2. The summed E-state index contributed by atoms with van der Waals surface area (Å²) in [5.41, 5.74) is 22.3. The lowest BCUT2D eigenvalue weighted by Gasteiger charge is -2.19. The lowest BCUT2D eigenvalue weighted by atomic mass is 9.86. The van der Waals surface area contributed by atoms with Gasteiger partial charge in [0.1, 0.15) is 0 Å². The highest BCUT2D eigenvalue weighted by molar-refractivity contribution is 5.44. The van der Waals surface area contributed by atoms with E-state index in [4.69, 9.17) is 11.5 Å². The highest BCUT2D eigenvalue weighted by Gasteiger charge is 2.15. The number of aryl methyl sites for hydroxylation is 2. The summed E-state index contributed by atoms with van der Waals surface area (Å²) in [5.74, 6) is 0.944. The van der Waals surface area contributed by atoms with Gasteiger partial charge < -0.3 is 11.5 Å². The third-order valence-electron chi connectivity index (χ3n) is 12.6. The van der Waals surface area contributed by atoms with Crippen LogP contribution in [0.5, 0.6) is 0 Å². The Kier molecular flexibility index (Phi) is 23.3. The normalized spacial score (nSPS) is 12.5. The number of rotatable bonds is 32. The monoisotopic (exact) mass is 771 g/mol. The van der Waals surface area contributed by atoms with Crippen molar-refractivity contribution in [2.45, 2.75) is 199 Å². The second-order valence-corrected chi connectivity index (χ2v) is 17.4. The first-order valence-corrected chi connectivity index (χ1v) is 24.0. The summed E-state index contributed by atoms with van der Waals surface area (Å²) >= 11 is 0. The highest BCUT2D eigenvalue weighted by Crippen LogP contribution is 2.32. The van der Waals surface area contributed by atoms with E-state index >= 15 is 0 Å². The van der Waals surface area contributed by atoms with Crippen LogP contribution in [-0.4, -0.2) is 0 Å². The molecular formula is C55H82N2. The van der Waals surface area contributed by atoms with Crippen LogP contribution in [0.3, 0.4) is 0 Å². The molecule has 2 unspecified atom stereocenters. The topological polar surface area (TPSA) is 52.0 Å². The van der Waals surface area contributed by atoms with Crippen LogP contribution < -0.4 is 11.5 Å². The van der Waals surface area contributed by atoms with Crippen LogP contribution in [0.1, 0.15) is 220 Å². The average Bonchev–Trinajstić information content (AvgIpc) is 3.23. The molecule has 0 aliphatic rings. The molecule has 57 heavy (non-hydrogen) atoms. The lowest BCUT2D eigenvalue weighted by Crippen LogP contribution is -2.02. The van der Waals surface area contributed by atoms with Crippen molar-refractivity contribution in [1.82, 2.24) is 0 Å². The molecular weight excluding hydrogens is 689 g/mol. The van der Waals surface area contributed by atoms with E-state index in [0.29, 0.717) is 11.8 Å². The fourth-order valence-corrected chi connectivity index (χ4v) is 8.85. The molecule has 4 N–H and O–H groups in total. The fraction of sp³-hybridized carbons (Fsp3) is 0.564. The number of hydrogen-bond acceptors (Lipinski definition) is 2. The molecule has 4 aromatic rings. The van der Waals surface area contributed by atoms with Crippen molar-refractivity contribution in [2.75, 3.05) is 11.5 Å². The Morgan fingerprint density at radius 2 is 0.544 bits per heavy atom. The molecule has 0 spiro atoms. The molecule has 0 saturated carbocycles. The average molecular weight is 771 g/mol. The zero-order valence-electron chi connectivity index (χ0n) is 36.6. The van der Waals surface area contributed by atoms with Crippen LogP contribution >= 0.6 is 0 Å². The Bertz CT molecular complexity index is 1420. The van der Waals surface area contributed by atoms with E-state index < -0.39 is 0 Å². The van der Waals surface area contributed by atoms with Gasteiger partial charge in [-0.25, -0.2) is 0 Å². The smallest absolute Gasteiger partial charge is 0.0314 e. The van der Waals surface area contributed by atoms with Crippen LogP contribution in [0.25, 0.3) is 0 Å². The Hall–Kier alpha value is -3.52. The van der Waals surface area contributed by atoms with Crippen molar-refractivity contribution in [3.8, 4) is 0 Å². The van der Waals surface area contributed by atoms with Gasteiger partial charge in [0.05, 0.1) is 0 Å². The van der Waals surface area contributed by atoms with E-state index in [1.54, 1.807) is 0 Å². The first-order valence-electron chi connectivity index (χ1n) is 24.0. The lowest BCUT2D eigenvalue weighted by molar-refractivity contribution is 0.525. The summed E-state index contributed by atoms with van der Waals surface area (Å²) < 4.78 is 0. The Labute approximate surface area is 351 Å². The molecule has 0 saturated heterocycles. The van der Waals surface area contributed by atoms with Crippen molar-refractivity contribution in [2.24, 2.45) is 0 Å². The highest BCUT2D eigenvalue weighted by atomic mass is 14.5. The number of hydrogen-bond donors (Lipinski definition) is 2. The van der Waals surface area contributed by atoms with Gasteiger partial charge in [0.25, 0.3) is 0 Å². The predicted octanol–water partition coefficient (Wildman–Crippen LogP) is 16.7. The van der Waals surface area contributed by atoms with Gasteiger partial charge in [0, 0.05) is 23.2 Å². The van der Waals surface area contributed by atoms with Crippen LogP contribution in [0.15, 0.2) is 97.1 Å². The molecule has 0 aliphatic heterocycles. The maximum atomic E-state index is 5.98. The van der Waals surface area contributed by atoms with Crippen molar-refractivity contribution in [1.29, 1.82) is 0 Å². The summed E-state index contributed by atoms with van der Waals surface area (Å²) in [5, 5.41) is 0. The van der Waals surface area contributed by atoms with Gasteiger partial charge in [-0.05, 0) is 96.2 Å². The molecule has 0 bridgehead atoms. The minimum Gasteiger partial charge on any atom is -0.399 e. The van der Waals surface area contributed by atoms with Crippen molar-refractivity contribution < 1.29 is 0 Å². The minimum absolute atomic E-state index is 0.472. The van der Waals surface area contributed by atoms with E-state index in [1.165, 1.54) is 207 Å². The van der Waals surface area contributed by atoms with Crippen molar-refractivity contribution in [3.63, 3.8) is 0 Å². The first kappa shape index (κ1) is 46.2. The standard InChI is InChI=1S/C55H82N2/c1-3-5-22-28-54(50-38-42-52(56)43-39-50)48-34-30-46(31-35-48)26-24-20-18-16-14-12-10-8-7-9-11-13-15-17-19-21-25-27-47-32-36-49(37-33-47)55(29-23-6-4-2)51-40-44-53(57)45-41-51/h30-45,54-55H,3-29,56-57H2,1-2H3. The Balaban J connectivity index is 0.935. The summed E-state index contributed by atoms with van der Waals surface area (Å²) in [6.07, 6.45) is 36.4. The van der Waals surface area contributed by atoms with Gasteiger partial charge in [0.2, 0.25) is 0 Å². The van der Waals surface area contributed by atoms with E-state index in [-0.39, 0.29) is 0 Å². The second kappa shape index (κ2) is 28.8. The number of nitrogens with two attached hydrogens (primary N) is 2. The molecule has 312 valence electrons. The molecule has 0 radical (unpaired) electrons. The molecule has 2 nitrogen and oxygen atoms in total. The summed E-state index contributed by atoms with van der Waals surface area (Å²) in [6.45, 7) is 4.57. The molecule has 4 aromatic carbocycles. The number of unbranched alkanes of at least 4 members (excludes halogenated alkanes) is 20. The van der Waals surface area contributed by atoms with Crippen molar-refractivity contribution in [3.05, 3.63) is 130 Å². The maximum Gasteiger partial charge on any atom is 0.0314 e. The maximum absolute atomic E-state index is 5.98. The van der Waals surface area contributed by atoms with Gasteiger partial charge in [-0.1, -0.05) is 221 Å². The van der Waals surface area contributed by atoms with Crippen LogP contribution in [0.4, 0.5) is 11.4 Å². The molecule has 0 aromatic heterocycles. The second-order valence-electron chi connectivity index (χ2n) is 17.4. The number of nitrogen functional groups attached to an aromatic ring is 2. The molecule has 0 amide bonds. The van der Waals surface area contributed by atoms with Crippen LogP contribution in [0.2, 0.25) is 0 Å². The molecule has 2 atom stereocenters. The van der Waals surface area contributed by atoms with E-state index in [9.17, 15) is 0 Å². The quantitative estimate of drug-likeness (QED) is 0.0384. The summed E-state index contributed by atoms with van der Waals surface area (Å²) in [6, 6.07) is 36.2. The molecule has 0 fully saturated rings. The van der Waals surface area contributed by atoms with Crippen molar-refractivity contribution >= 4 is 11.4 Å². The van der Waals surface area contributed by atoms with E-state index in [2.05, 4.69) is 111 Å². The molecule has 0 aliphatic carbocycles. The van der Waals surface area contributed by atoms with Gasteiger partial charge in [0.15, 0.2) is 0 Å². The first-order chi connectivity index (χ1) is 28.1. The van der Waals surface area contributed by atoms with Gasteiger partial charge >= 0.3 is 0 Å². The van der Waals surface area contributed by atoms with E-state index in [0.717, 1.165) is 11.4 Å². The largest absolute Gasteiger partial charge is 0.399 e. The molecule has 2 heteroatoms. The van der Waals surface area contributed by atoms with Gasteiger partial charge in [-0.15, -0.1) is 0 Å². The minimum atomic E-state index is 0.472. The SMILES string of the molecule is CCCCCC(c1ccc(N)cc1)c1ccc(CCCCCCCCCCCCCCCCCCCc2ccc(C(CCCCC)c3ccc(N)cc3)cc2)cc1. The third kappa shape index (κ3) is 18.7. The fourth-order valence-electron chi connectivity index (χ4n) is 8.85. The summed E-state index contributed by atoms with van der Waals surface area (Å²) in [7, 11) is 0.